The van der Waals surface area contributed by atoms with Crippen molar-refractivity contribution in [1.82, 2.24) is 0 Å². The number of carbonyl (C=O) groups excluding carboxylic acids is 1. The van der Waals surface area contributed by atoms with Gasteiger partial charge in [-0.05, 0) is 47.9 Å². The number of aryl methyl sites for hydroxylation is 1. The number of nitrogens with one attached hydrogen (secondary N) is 1. The summed E-state index contributed by atoms with van der Waals surface area (Å²) in [6.45, 7) is 1.53. The summed E-state index contributed by atoms with van der Waals surface area (Å²) in [5.41, 5.74) is 2.19. The highest BCUT2D eigenvalue weighted by molar-refractivity contribution is 6.09. The molecule has 0 saturated heterocycles. The summed E-state index contributed by atoms with van der Waals surface area (Å²) in [5.74, 6) is -1.10. The van der Waals surface area contributed by atoms with Crippen molar-refractivity contribution in [2.75, 3.05) is 19.0 Å². The van der Waals surface area contributed by atoms with E-state index in [1.54, 1.807) is 24.3 Å². The van der Waals surface area contributed by atoms with Gasteiger partial charge in [-0.1, -0.05) is 25.1 Å². The monoisotopic (exact) mass is 380 g/mol. The maximum Gasteiger partial charge on any atom is 0.341 e. The highest BCUT2D eigenvalue weighted by Crippen LogP contribution is 2.29. The Bertz CT molecular complexity index is 927. The molecular weight excluding hydrogens is 360 g/mol. The predicted molar refractivity (Wildman–Crippen MR) is 104 cm³/mol. The molecule has 144 valence electrons. The van der Waals surface area contributed by atoms with Crippen molar-refractivity contribution in [2.24, 2.45) is 0 Å². The van der Waals surface area contributed by atoms with Crippen molar-refractivity contribution in [3.63, 3.8) is 0 Å². The van der Waals surface area contributed by atoms with Crippen LogP contribution >= 0.6 is 0 Å². The van der Waals surface area contributed by atoms with Gasteiger partial charge in [-0.2, -0.15) is 5.26 Å². The quantitative estimate of drug-likeness (QED) is 0.537. The van der Waals surface area contributed by atoms with E-state index in [1.807, 2.05) is 25.1 Å². The van der Waals surface area contributed by atoms with Crippen LogP contribution in [0.25, 0.3) is 6.08 Å². The van der Waals surface area contributed by atoms with Gasteiger partial charge < -0.3 is 19.9 Å². The topological polar surface area (TPSA) is 109 Å². The first kappa shape index (κ1) is 20.5. The average molecular weight is 380 g/mol. The van der Waals surface area contributed by atoms with Crippen LogP contribution in [0.2, 0.25) is 0 Å². The fraction of sp³-hybridized carbons (Fsp3) is 0.190. The average Bonchev–Trinajstić information content (AvgIpc) is 2.71. The van der Waals surface area contributed by atoms with E-state index >= 15 is 0 Å². The molecule has 7 nitrogen and oxygen atoms in total. The molecule has 2 rings (SSSR count). The Kier molecular flexibility index (Phi) is 7.17. The molecule has 0 aliphatic rings. The molecular formula is C21H20N2O5. The Balaban J connectivity index is 2.18. The van der Waals surface area contributed by atoms with Gasteiger partial charge in [-0.3, -0.25) is 4.79 Å². The van der Waals surface area contributed by atoms with Crippen LogP contribution in [0.5, 0.6) is 11.5 Å². The van der Waals surface area contributed by atoms with Gasteiger partial charge in [-0.15, -0.1) is 0 Å². The summed E-state index contributed by atoms with van der Waals surface area (Å²) in [5, 5.41) is 20.7. The number of amides is 1. The van der Waals surface area contributed by atoms with Crippen molar-refractivity contribution in [2.45, 2.75) is 13.3 Å². The third-order valence-corrected chi connectivity index (χ3v) is 3.83. The fourth-order valence-corrected chi connectivity index (χ4v) is 2.37. The Labute approximate surface area is 162 Å². The number of methoxy groups -OCH3 is 1. The van der Waals surface area contributed by atoms with Crippen LogP contribution < -0.4 is 14.8 Å². The Morgan fingerprint density at radius 3 is 2.46 bits per heavy atom. The van der Waals surface area contributed by atoms with Crippen molar-refractivity contribution in [1.29, 1.82) is 5.26 Å². The molecule has 7 heteroatoms. The molecule has 0 radical (unpaired) electrons. The largest absolute Gasteiger partial charge is 0.493 e. The SMILES string of the molecule is CCc1ccc(NC(=O)/C(C#N)=C/c2ccc(OCC(=O)O)c(OC)c2)cc1. The van der Waals surface area contributed by atoms with Crippen LogP contribution in [0.15, 0.2) is 48.0 Å². The second-order valence-electron chi connectivity index (χ2n) is 5.77. The maximum absolute atomic E-state index is 12.4. The number of nitrogens with zero attached hydrogens (tertiary/aromatic N) is 1. The summed E-state index contributed by atoms with van der Waals surface area (Å²) in [4.78, 5) is 23.0. The Morgan fingerprint density at radius 1 is 1.18 bits per heavy atom. The Hall–Kier alpha value is -3.79. The van der Waals surface area contributed by atoms with E-state index in [2.05, 4.69) is 5.32 Å². The first-order chi connectivity index (χ1) is 13.5. The molecule has 1 amide bonds. The first-order valence-corrected chi connectivity index (χ1v) is 8.51. The maximum atomic E-state index is 12.4. The summed E-state index contributed by atoms with van der Waals surface area (Å²) < 4.78 is 10.3. The van der Waals surface area contributed by atoms with Gasteiger partial charge in [0.15, 0.2) is 18.1 Å². The molecule has 2 aromatic carbocycles. The van der Waals surface area contributed by atoms with Gasteiger partial charge in [0, 0.05) is 5.69 Å². The number of carboxylic acid groups (broad SMARTS) is 1. The van der Waals surface area contributed by atoms with Gasteiger partial charge in [0.25, 0.3) is 5.91 Å². The summed E-state index contributed by atoms with van der Waals surface area (Å²) >= 11 is 0. The zero-order valence-corrected chi connectivity index (χ0v) is 15.6. The van der Waals surface area contributed by atoms with E-state index in [0.717, 1.165) is 12.0 Å². The van der Waals surface area contributed by atoms with Gasteiger partial charge >= 0.3 is 5.97 Å². The first-order valence-electron chi connectivity index (χ1n) is 8.51. The minimum Gasteiger partial charge on any atom is -0.493 e. The van der Waals surface area contributed by atoms with E-state index in [-0.39, 0.29) is 11.3 Å². The second-order valence-corrected chi connectivity index (χ2v) is 5.77. The van der Waals surface area contributed by atoms with Gasteiger partial charge in [0.1, 0.15) is 11.6 Å². The third kappa shape index (κ3) is 5.61. The normalized spacial score (nSPS) is 10.7. The Morgan fingerprint density at radius 2 is 1.89 bits per heavy atom. The molecule has 0 spiro atoms. The van der Waals surface area contributed by atoms with Crippen LogP contribution in [-0.2, 0) is 16.0 Å². The zero-order valence-electron chi connectivity index (χ0n) is 15.6. The van der Waals surface area contributed by atoms with Crippen LogP contribution in [0.4, 0.5) is 5.69 Å². The summed E-state index contributed by atoms with van der Waals surface area (Å²) in [6.07, 6.45) is 2.31. The van der Waals surface area contributed by atoms with Crippen LogP contribution in [-0.4, -0.2) is 30.7 Å². The zero-order chi connectivity index (χ0) is 20.5. The molecule has 0 saturated carbocycles. The fourth-order valence-electron chi connectivity index (χ4n) is 2.37. The van der Waals surface area contributed by atoms with Crippen LogP contribution in [0.1, 0.15) is 18.1 Å². The van der Waals surface area contributed by atoms with Crippen molar-refractivity contribution in [3.05, 3.63) is 59.2 Å². The van der Waals surface area contributed by atoms with E-state index in [9.17, 15) is 14.9 Å². The molecule has 0 heterocycles. The number of anilines is 1. The number of carboxylic acids is 1. The van der Waals surface area contributed by atoms with Crippen LogP contribution in [0.3, 0.4) is 0 Å². The van der Waals surface area contributed by atoms with E-state index in [1.165, 1.54) is 19.3 Å². The number of ether oxygens (including phenoxy) is 2. The number of rotatable bonds is 8. The van der Waals surface area contributed by atoms with E-state index in [0.29, 0.717) is 17.0 Å². The lowest BCUT2D eigenvalue weighted by molar-refractivity contribution is -0.139. The number of carbonyl (C=O) groups is 2. The smallest absolute Gasteiger partial charge is 0.341 e. The van der Waals surface area contributed by atoms with Crippen LogP contribution in [0, 0.1) is 11.3 Å². The highest BCUT2D eigenvalue weighted by atomic mass is 16.5. The number of aliphatic carboxylic acids is 1. The second kappa shape index (κ2) is 9.78. The molecule has 0 unspecified atom stereocenters. The molecule has 0 fully saturated rings. The van der Waals surface area contributed by atoms with Gasteiger partial charge in [0.2, 0.25) is 0 Å². The minimum atomic E-state index is -1.11. The molecule has 0 bridgehead atoms. The molecule has 0 aliphatic heterocycles. The van der Waals surface area contributed by atoms with Gasteiger partial charge in [0.05, 0.1) is 7.11 Å². The molecule has 0 aromatic heterocycles. The minimum absolute atomic E-state index is 0.0826. The number of hydrogen-bond donors (Lipinski definition) is 2. The molecule has 0 aliphatic carbocycles. The van der Waals surface area contributed by atoms with Crippen molar-refractivity contribution < 1.29 is 24.2 Å². The van der Waals surface area contributed by atoms with Crippen molar-refractivity contribution >= 4 is 23.6 Å². The van der Waals surface area contributed by atoms with Crippen molar-refractivity contribution in [3.8, 4) is 17.6 Å². The lowest BCUT2D eigenvalue weighted by Gasteiger charge is -2.10. The van der Waals surface area contributed by atoms with E-state index in [4.69, 9.17) is 14.6 Å². The van der Waals surface area contributed by atoms with E-state index < -0.39 is 18.5 Å². The number of hydrogen-bond acceptors (Lipinski definition) is 5. The molecule has 2 N–H and O–H groups in total. The molecule has 2 aromatic rings. The van der Waals surface area contributed by atoms with Gasteiger partial charge in [-0.25, -0.2) is 4.79 Å². The third-order valence-electron chi connectivity index (χ3n) is 3.83. The highest BCUT2D eigenvalue weighted by Gasteiger charge is 2.12. The predicted octanol–water partition coefficient (Wildman–Crippen LogP) is 3.27. The standard InChI is InChI=1S/C21H20N2O5/c1-3-14-4-7-17(8-5-14)23-21(26)16(12-22)10-15-6-9-18(19(11-15)27-2)28-13-20(24)25/h4-11H,3,13H2,1-2H3,(H,23,26)(H,24,25)/b16-10+. The summed E-state index contributed by atoms with van der Waals surface area (Å²) in [6, 6.07) is 13.9. The summed E-state index contributed by atoms with van der Waals surface area (Å²) in [7, 11) is 1.41. The lowest BCUT2D eigenvalue weighted by atomic mass is 10.1. The lowest BCUT2D eigenvalue weighted by Crippen LogP contribution is -2.13. The molecule has 0 atom stereocenters. The number of nitriles is 1. The number of benzene rings is 2. The molecule has 28 heavy (non-hydrogen) atoms.